The predicted molar refractivity (Wildman–Crippen MR) is 91.1 cm³/mol. The number of aliphatic hydroxyl groups is 1. The van der Waals surface area contributed by atoms with Crippen LogP contribution >= 0.6 is 0 Å². The van der Waals surface area contributed by atoms with Crippen molar-refractivity contribution in [2.75, 3.05) is 6.54 Å². The SMILES string of the molecule is C[C@H](NC(=O)NC[C@H](O)C1CC1)c1ccc(-c2cncnc2)cc1. The average Bonchev–Trinajstić information content (AvgIpc) is 3.46. The van der Waals surface area contributed by atoms with Crippen molar-refractivity contribution in [1.29, 1.82) is 0 Å². The fourth-order valence-corrected chi connectivity index (χ4v) is 2.59. The van der Waals surface area contributed by atoms with Gasteiger partial charge in [-0.25, -0.2) is 14.8 Å². The molecule has 0 saturated heterocycles. The zero-order chi connectivity index (χ0) is 16.9. The van der Waals surface area contributed by atoms with E-state index in [-0.39, 0.29) is 12.1 Å². The Morgan fingerprint density at radius 1 is 1.21 bits per heavy atom. The molecular weight excluding hydrogens is 304 g/mol. The molecule has 6 heteroatoms. The standard InChI is InChI=1S/C18H22N4O2/c1-12(22-18(24)21-10-17(23)15-6-7-15)13-2-4-14(5-3-13)16-8-19-11-20-9-16/h2-5,8-9,11-12,15,17,23H,6-7,10H2,1H3,(H2,21,22,24)/t12-,17-/m0/s1. The van der Waals surface area contributed by atoms with Crippen LogP contribution in [0.1, 0.15) is 31.4 Å². The van der Waals surface area contributed by atoms with Crippen LogP contribution in [-0.4, -0.2) is 33.8 Å². The number of nitrogens with zero attached hydrogens (tertiary/aromatic N) is 2. The molecule has 0 radical (unpaired) electrons. The average molecular weight is 326 g/mol. The van der Waals surface area contributed by atoms with E-state index in [1.54, 1.807) is 12.4 Å². The Morgan fingerprint density at radius 3 is 2.50 bits per heavy atom. The van der Waals surface area contributed by atoms with Crippen molar-refractivity contribution >= 4 is 6.03 Å². The maximum Gasteiger partial charge on any atom is 0.315 e. The van der Waals surface area contributed by atoms with E-state index in [1.807, 2.05) is 31.2 Å². The Hall–Kier alpha value is -2.47. The van der Waals surface area contributed by atoms with E-state index in [0.29, 0.717) is 12.5 Å². The molecule has 3 rings (SSSR count). The number of rotatable bonds is 6. The largest absolute Gasteiger partial charge is 0.391 e. The number of hydrogen-bond donors (Lipinski definition) is 3. The molecule has 2 amide bonds. The Kier molecular flexibility index (Phi) is 5.05. The summed E-state index contributed by atoms with van der Waals surface area (Å²) in [6, 6.07) is 7.55. The van der Waals surface area contributed by atoms with Gasteiger partial charge in [0.15, 0.2) is 0 Å². The second kappa shape index (κ2) is 7.40. The molecule has 126 valence electrons. The number of benzene rings is 1. The first-order valence-corrected chi connectivity index (χ1v) is 8.21. The lowest BCUT2D eigenvalue weighted by molar-refractivity contribution is 0.149. The third-order valence-corrected chi connectivity index (χ3v) is 4.29. The van der Waals surface area contributed by atoms with Gasteiger partial charge in [-0.1, -0.05) is 24.3 Å². The Balaban J connectivity index is 1.52. The second-order valence-corrected chi connectivity index (χ2v) is 6.23. The number of aliphatic hydroxyl groups excluding tert-OH is 1. The van der Waals surface area contributed by atoms with Crippen LogP contribution in [0.25, 0.3) is 11.1 Å². The molecule has 6 nitrogen and oxygen atoms in total. The van der Waals surface area contributed by atoms with E-state index < -0.39 is 6.10 Å². The van der Waals surface area contributed by atoms with Crippen molar-refractivity contribution in [2.24, 2.45) is 5.92 Å². The number of aromatic nitrogens is 2. The van der Waals surface area contributed by atoms with Gasteiger partial charge in [0.05, 0.1) is 12.1 Å². The van der Waals surface area contributed by atoms with Crippen molar-refractivity contribution in [3.63, 3.8) is 0 Å². The van der Waals surface area contributed by atoms with Crippen molar-refractivity contribution in [1.82, 2.24) is 20.6 Å². The molecule has 1 aromatic heterocycles. The fraction of sp³-hybridized carbons (Fsp3) is 0.389. The van der Waals surface area contributed by atoms with Crippen molar-refractivity contribution in [3.8, 4) is 11.1 Å². The highest BCUT2D eigenvalue weighted by molar-refractivity contribution is 5.74. The first-order valence-electron chi connectivity index (χ1n) is 8.21. The van der Waals surface area contributed by atoms with Crippen LogP contribution in [0.4, 0.5) is 4.79 Å². The van der Waals surface area contributed by atoms with Gasteiger partial charge in [-0.05, 0) is 36.8 Å². The highest BCUT2D eigenvalue weighted by atomic mass is 16.3. The van der Waals surface area contributed by atoms with Crippen LogP contribution in [0.15, 0.2) is 43.0 Å². The van der Waals surface area contributed by atoms with Gasteiger partial charge in [0.25, 0.3) is 0 Å². The molecule has 3 N–H and O–H groups in total. The minimum Gasteiger partial charge on any atom is -0.391 e. The lowest BCUT2D eigenvalue weighted by Crippen LogP contribution is -2.41. The number of hydrogen-bond acceptors (Lipinski definition) is 4. The van der Waals surface area contributed by atoms with Gasteiger partial charge in [-0.2, -0.15) is 0 Å². The van der Waals surface area contributed by atoms with Crippen LogP contribution in [-0.2, 0) is 0 Å². The van der Waals surface area contributed by atoms with Crippen LogP contribution < -0.4 is 10.6 Å². The van der Waals surface area contributed by atoms with E-state index >= 15 is 0 Å². The van der Waals surface area contributed by atoms with Gasteiger partial charge in [-0.15, -0.1) is 0 Å². The van der Waals surface area contributed by atoms with Crippen molar-refractivity contribution < 1.29 is 9.90 Å². The molecule has 1 aromatic carbocycles. The van der Waals surface area contributed by atoms with Gasteiger partial charge in [0, 0.05) is 24.5 Å². The molecular formula is C18H22N4O2. The Labute approximate surface area is 141 Å². The van der Waals surface area contributed by atoms with Gasteiger partial charge in [0.2, 0.25) is 0 Å². The van der Waals surface area contributed by atoms with E-state index in [2.05, 4.69) is 20.6 Å². The highest BCUT2D eigenvalue weighted by Crippen LogP contribution is 2.32. The van der Waals surface area contributed by atoms with Gasteiger partial charge in [0.1, 0.15) is 6.33 Å². The first kappa shape index (κ1) is 16.4. The molecule has 1 aliphatic rings. The monoisotopic (exact) mass is 326 g/mol. The molecule has 1 aliphatic carbocycles. The number of nitrogens with one attached hydrogen (secondary N) is 2. The van der Waals surface area contributed by atoms with Gasteiger partial charge in [-0.3, -0.25) is 0 Å². The number of carbonyl (C=O) groups is 1. The number of amides is 2. The molecule has 0 unspecified atom stereocenters. The van der Waals surface area contributed by atoms with Crippen LogP contribution in [0.5, 0.6) is 0 Å². The number of urea groups is 1. The minimum atomic E-state index is -0.432. The molecule has 0 spiro atoms. The maximum absolute atomic E-state index is 11.9. The third kappa shape index (κ3) is 4.29. The normalized spacial score (nSPS) is 16.2. The zero-order valence-electron chi connectivity index (χ0n) is 13.6. The summed E-state index contributed by atoms with van der Waals surface area (Å²) in [6.07, 6.45) is 6.71. The topological polar surface area (TPSA) is 87.1 Å². The van der Waals surface area contributed by atoms with Gasteiger partial charge >= 0.3 is 6.03 Å². The van der Waals surface area contributed by atoms with Crippen LogP contribution in [0.3, 0.4) is 0 Å². The molecule has 24 heavy (non-hydrogen) atoms. The summed E-state index contributed by atoms with van der Waals surface area (Å²) in [6.45, 7) is 2.23. The third-order valence-electron chi connectivity index (χ3n) is 4.29. The Bertz CT molecular complexity index is 671. The molecule has 1 saturated carbocycles. The van der Waals surface area contributed by atoms with Crippen molar-refractivity contribution in [2.45, 2.75) is 31.9 Å². The fourth-order valence-electron chi connectivity index (χ4n) is 2.59. The Morgan fingerprint density at radius 2 is 1.88 bits per heavy atom. The van der Waals surface area contributed by atoms with E-state index in [1.165, 1.54) is 6.33 Å². The molecule has 1 fully saturated rings. The first-order chi connectivity index (χ1) is 11.6. The maximum atomic E-state index is 11.9. The molecule has 2 aromatic rings. The predicted octanol–water partition coefficient (Wildman–Crippen LogP) is 2.27. The van der Waals surface area contributed by atoms with E-state index in [4.69, 9.17) is 0 Å². The molecule has 1 heterocycles. The summed E-state index contributed by atoms with van der Waals surface area (Å²) < 4.78 is 0. The number of carbonyl (C=O) groups excluding carboxylic acids is 1. The van der Waals surface area contributed by atoms with Gasteiger partial charge < -0.3 is 15.7 Å². The van der Waals surface area contributed by atoms with E-state index in [0.717, 1.165) is 29.5 Å². The molecule has 0 bridgehead atoms. The minimum absolute atomic E-state index is 0.121. The lowest BCUT2D eigenvalue weighted by atomic mass is 10.0. The van der Waals surface area contributed by atoms with E-state index in [9.17, 15) is 9.90 Å². The van der Waals surface area contributed by atoms with Crippen molar-refractivity contribution in [3.05, 3.63) is 48.5 Å². The molecule has 0 aliphatic heterocycles. The summed E-state index contributed by atoms with van der Waals surface area (Å²) in [5, 5.41) is 15.4. The summed E-state index contributed by atoms with van der Waals surface area (Å²) in [5.74, 6) is 0.359. The van der Waals surface area contributed by atoms with Crippen LogP contribution in [0, 0.1) is 5.92 Å². The lowest BCUT2D eigenvalue weighted by Gasteiger charge is -2.17. The molecule has 2 atom stereocenters. The zero-order valence-corrected chi connectivity index (χ0v) is 13.6. The second-order valence-electron chi connectivity index (χ2n) is 6.23. The highest BCUT2D eigenvalue weighted by Gasteiger charge is 2.29. The van der Waals surface area contributed by atoms with Crippen LogP contribution in [0.2, 0.25) is 0 Å². The summed E-state index contributed by atoms with van der Waals surface area (Å²) in [5.41, 5.74) is 2.99. The quantitative estimate of drug-likeness (QED) is 0.760. The smallest absolute Gasteiger partial charge is 0.315 e. The summed E-state index contributed by atoms with van der Waals surface area (Å²) in [7, 11) is 0. The summed E-state index contributed by atoms with van der Waals surface area (Å²) >= 11 is 0. The summed E-state index contributed by atoms with van der Waals surface area (Å²) in [4.78, 5) is 19.9.